The Labute approximate surface area is 143 Å². The molecule has 0 aromatic carbocycles. The molecular formula is C15H20N3O5S+. The van der Waals surface area contributed by atoms with Crippen molar-refractivity contribution in [2.45, 2.75) is 44.4 Å². The molecule has 2 unspecified atom stereocenters. The fraction of sp³-hybridized carbons (Fsp3) is 0.533. The number of ketones is 1. The topological polar surface area (TPSA) is 117 Å². The number of hydrogen-bond acceptors (Lipinski definition) is 6. The van der Waals surface area contributed by atoms with Crippen molar-refractivity contribution in [3.8, 4) is 0 Å². The highest BCUT2D eigenvalue weighted by atomic mass is 32.2. The second-order valence-electron chi connectivity index (χ2n) is 5.90. The number of amides is 2. The molecule has 2 rings (SSSR count). The largest absolute Gasteiger partial charge is 0.521 e. The molecule has 0 spiro atoms. The van der Waals surface area contributed by atoms with Gasteiger partial charge in [0.1, 0.15) is 11.7 Å². The summed E-state index contributed by atoms with van der Waals surface area (Å²) in [5.74, 6) is -0.976. The Morgan fingerprint density at radius 2 is 2.17 bits per heavy atom. The van der Waals surface area contributed by atoms with E-state index in [-0.39, 0.29) is 29.8 Å². The minimum atomic E-state index is -1.20. The molecule has 2 amide bonds. The normalized spacial score (nSPS) is 24.5. The number of carbonyl (C=O) groups is 4. The zero-order chi connectivity index (χ0) is 17.9. The van der Waals surface area contributed by atoms with Crippen LogP contribution in [0.5, 0.6) is 0 Å². The Morgan fingerprint density at radius 1 is 1.46 bits per heavy atom. The zero-order valence-corrected chi connectivity index (χ0v) is 14.3. The van der Waals surface area contributed by atoms with Crippen LogP contribution in [0.4, 0.5) is 4.79 Å². The summed E-state index contributed by atoms with van der Waals surface area (Å²) in [5, 5.41) is 14.5. The number of nitrogens with zero attached hydrogens (tertiary/aromatic N) is 2. The molecule has 9 heteroatoms. The predicted molar refractivity (Wildman–Crippen MR) is 86.5 cm³/mol. The van der Waals surface area contributed by atoms with Gasteiger partial charge in [0.05, 0.1) is 18.2 Å². The van der Waals surface area contributed by atoms with Crippen LogP contribution in [0.1, 0.15) is 43.6 Å². The molecule has 8 nitrogen and oxygen atoms in total. The number of likely N-dealkylation sites (tertiary alicyclic amines) is 1. The van der Waals surface area contributed by atoms with Crippen LogP contribution in [0.2, 0.25) is 0 Å². The summed E-state index contributed by atoms with van der Waals surface area (Å²) in [4.78, 5) is 48.5. The Kier molecular flexibility index (Phi) is 5.55. The Balaban J connectivity index is 2.25. The van der Waals surface area contributed by atoms with Crippen LogP contribution in [0.3, 0.4) is 0 Å². The fourth-order valence-electron chi connectivity index (χ4n) is 3.11. The number of carboxylic acid groups (broad SMARTS) is 1. The molecule has 0 radical (unpaired) electrons. The second-order valence-corrected chi connectivity index (χ2v) is 7.28. The van der Waals surface area contributed by atoms with Crippen LogP contribution in [-0.4, -0.2) is 60.5 Å². The molecule has 1 aromatic rings. The van der Waals surface area contributed by atoms with Gasteiger partial charge < -0.3 is 5.11 Å². The van der Waals surface area contributed by atoms with Gasteiger partial charge in [0.15, 0.2) is 10.9 Å². The molecule has 3 atom stereocenters. The number of aromatic nitrogens is 2. The Bertz CT molecular complexity index is 660. The van der Waals surface area contributed by atoms with Crippen LogP contribution in [0.15, 0.2) is 12.3 Å². The number of thioether (sulfide) groups is 1. The Morgan fingerprint density at radius 3 is 2.62 bits per heavy atom. The highest BCUT2D eigenvalue weighted by molar-refractivity contribution is 8.14. The summed E-state index contributed by atoms with van der Waals surface area (Å²) in [6.45, 7) is 3.25. The number of carbonyl (C=O) groups excluding carboxylic acids is 3. The zero-order valence-electron chi connectivity index (χ0n) is 13.5. The van der Waals surface area contributed by atoms with Gasteiger partial charge in [0, 0.05) is 26.0 Å². The highest BCUT2D eigenvalue weighted by Crippen LogP contribution is 2.31. The van der Waals surface area contributed by atoms with E-state index in [9.17, 15) is 24.3 Å². The SMILES string of the molecule is CC(=O)SC(CC(=O)[N+]1(C(=O)O)CCC[C@H]1C)C(=O)c1ccn[nH]1. The van der Waals surface area contributed by atoms with Gasteiger partial charge in [-0.2, -0.15) is 14.4 Å². The van der Waals surface area contributed by atoms with Gasteiger partial charge in [-0.05, 0) is 13.0 Å². The fourth-order valence-corrected chi connectivity index (χ4v) is 3.98. The van der Waals surface area contributed by atoms with E-state index in [2.05, 4.69) is 10.2 Å². The molecule has 2 N–H and O–H groups in total. The summed E-state index contributed by atoms with van der Waals surface area (Å²) in [6.07, 6.45) is 1.16. The quantitative estimate of drug-likeness (QED) is 0.612. The van der Waals surface area contributed by atoms with Crippen LogP contribution in [0, 0.1) is 0 Å². The monoisotopic (exact) mass is 354 g/mol. The van der Waals surface area contributed by atoms with Gasteiger partial charge >= 0.3 is 12.0 Å². The number of hydrogen-bond donors (Lipinski definition) is 2. The van der Waals surface area contributed by atoms with E-state index in [0.29, 0.717) is 12.8 Å². The van der Waals surface area contributed by atoms with Gasteiger partial charge in [-0.1, -0.05) is 11.8 Å². The first kappa shape index (κ1) is 18.3. The second kappa shape index (κ2) is 7.27. The highest BCUT2D eigenvalue weighted by Gasteiger charge is 2.53. The number of nitrogens with one attached hydrogen (secondary N) is 1. The molecular weight excluding hydrogens is 334 g/mol. The summed E-state index contributed by atoms with van der Waals surface area (Å²) in [6, 6.07) is 1.11. The number of Topliss-reactive ketones (excluding diaryl/α,β-unsaturated/α-hetero) is 1. The third-order valence-electron chi connectivity index (χ3n) is 4.40. The third kappa shape index (κ3) is 3.41. The van der Waals surface area contributed by atoms with E-state index in [1.165, 1.54) is 19.2 Å². The maximum absolute atomic E-state index is 12.8. The Hall–Kier alpha value is -2.00. The van der Waals surface area contributed by atoms with E-state index in [4.69, 9.17) is 0 Å². The van der Waals surface area contributed by atoms with E-state index in [0.717, 1.165) is 11.8 Å². The molecule has 1 aliphatic rings. The molecule has 2 heterocycles. The van der Waals surface area contributed by atoms with Crippen molar-refractivity contribution in [2.75, 3.05) is 6.54 Å². The van der Waals surface area contributed by atoms with Gasteiger partial charge in [0.2, 0.25) is 0 Å². The lowest BCUT2D eigenvalue weighted by Crippen LogP contribution is -2.59. The van der Waals surface area contributed by atoms with Gasteiger partial charge in [-0.15, -0.1) is 0 Å². The van der Waals surface area contributed by atoms with E-state index in [1.807, 2.05) is 0 Å². The predicted octanol–water partition coefficient (Wildman–Crippen LogP) is 1.83. The molecule has 24 heavy (non-hydrogen) atoms. The average Bonchev–Trinajstić information content (AvgIpc) is 3.14. The van der Waals surface area contributed by atoms with Crippen molar-refractivity contribution < 1.29 is 28.8 Å². The summed E-state index contributed by atoms with van der Waals surface area (Å²) in [5.41, 5.74) is 0.192. The van der Waals surface area contributed by atoms with Gasteiger partial charge in [0.25, 0.3) is 0 Å². The van der Waals surface area contributed by atoms with Crippen molar-refractivity contribution in [3.05, 3.63) is 18.0 Å². The van der Waals surface area contributed by atoms with Crippen molar-refractivity contribution in [1.82, 2.24) is 10.2 Å². The lowest BCUT2D eigenvalue weighted by molar-refractivity contribution is -0.792. The van der Waals surface area contributed by atoms with Crippen molar-refractivity contribution in [1.29, 1.82) is 0 Å². The van der Waals surface area contributed by atoms with Crippen LogP contribution < -0.4 is 0 Å². The first-order valence-corrected chi connectivity index (χ1v) is 8.52. The number of quaternary nitrogens is 1. The number of H-pyrrole nitrogens is 1. The van der Waals surface area contributed by atoms with Crippen LogP contribution in [-0.2, 0) is 9.59 Å². The lowest BCUT2D eigenvalue weighted by atomic mass is 10.1. The first-order chi connectivity index (χ1) is 11.3. The minimum Gasteiger partial charge on any atom is -0.435 e. The summed E-state index contributed by atoms with van der Waals surface area (Å²) < 4.78 is -0.675. The van der Waals surface area contributed by atoms with E-state index < -0.39 is 27.5 Å². The van der Waals surface area contributed by atoms with Gasteiger partial charge in [-0.3, -0.25) is 14.7 Å². The van der Waals surface area contributed by atoms with Crippen molar-refractivity contribution >= 4 is 34.7 Å². The van der Waals surface area contributed by atoms with Gasteiger partial charge in [-0.25, -0.2) is 4.79 Å². The number of aromatic amines is 1. The third-order valence-corrected chi connectivity index (χ3v) is 5.40. The van der Waals surface area contributed by atoms with Crippen LogP contribution >= 0.6 is 11.8 Å². The van der Waals surface area contributed by atoms with Crippen LogP contribution in [0.25, 0.3) is 0 Å². The molecule has 0 saturated carbocycles. The average molecular weight is 354 g/mol. The maximum atomic E-state index is 12.8. The maximum Gasteiger partial charge on any atom is 0.521 e. The van der Waals surface area contributed by atoms with E-state index in [1.54, 1.807) is 6.92 Å². The molecule has 0 aliphatic carbocycles. The molecule has 1 fully saturated rings. The smallest absolute Gasteiger partial charge is 0.435 e. The van der Waals surface area contributed by atoms with Crippen molar-refractivity contribution in [2.24, 2.45) is 0 Å². The van der Waals surface area contributed by atoms with Crippen molar-refractivity contribution in [3.63, 3.8) is 0 Å². The summed E-state index contributed by atoms with van der Waals surface area (Å²) >= 11 is 0.745. The van der Waals surface area contributed by atoms with E-state index >= 15 is 0 Å². The number of rotatable bonds is 5. The molecule has 1 aliphatic heterocycles. The molecule has 1 saturated heterocycles. The minimum absolute atomic E-state index is 0.192. The first-order valence-electron chi connectivity index (χ1n) is 7.64. The summed E-state index contributed by atoms with van der Waals surface area (Å²) in [7, 11) is 0. The molecule has 130 valence electrons. The lowest BCUT2D eigenvalue weighted by Gasteiger charge is -2.30. The molecule has 0 bridgehead atoms. The standard InChI is InChI=1S/C15H19N3O5S/c1-9-4-3-7-18(9,15(22)23)13(20)8-12(24-10(2)19)14(21)11-5-6-16-17-11/h5-6,9,12H,3-4,7-8H2,1-2H3,(H-,16,17,21,22,23)/p+1/t9-,12?,18?/m1/s1. The molecule has 1 aromatic heterocycles. The number of imide groups is 1.